The zero-order chi connectivity index (χ0) is 18.4. The first-order chi connectivity index (χ1) is 12.4. The van der Waals surface area contributed by atoms with Crippen molar-refractivity contribution in [1.82, 2.24) is 15.0 Å². The van der Waals surface area contributed by atoms with Gasteiger partial charge in [0, 0.05) is 35.0 Å². The Hall–Kier alpha value is -3.16. The van der Waals surface area contributed by atoms with Gasteiger partial charge in [-0.3, -0.25) is 14.6 Å². The van der Waals surface area contributed by atoms with E-state index < -0.39 is 29.4 Å². The van der Waals surface area contributed by atoms with Gasteiger partial charge < -0.3 is 10.3 Å². The number of H-pyrrole nitrogens is 1. The van der Waals surface area contributed by atoms with Crippen LogP contribution in [0.2, 0.25) is 0 Å². The number of carbonyl (C=O) groups is 1. The standard InChI is InChI=1S/C18H14F2N4O2/c1-8-12(6-21-7-14(8)20)10-2-9-5-22-16(4-15(9)23-17(10)25)24-18(26)11-3-13(11)19/h2,4-7,11,13H,3H2,1H3,(H,23,25)(H,22,24,26)/t11-,13+/m1/s1. The van der Waals surface area contributed by atoms with Crippen LogP contribution in [0.5, 0.6) is 0 Å². The summed E-state index contributed by atoms with van der Waals surface area (Å²) < 4.78 is 26.7. The molecule has 26 heavy (non-hydrogen) atoms. The molecule has 3 aromatic heterocycles. The van der Waals surface area contributed by atoms with Gasteiger partial charge in [0.05, 0.1) is 17.6 Å². The monoisotopic (exact) mass is 356 g/mol. The Kier molecular flexibility index (Phi) is 3.75. The van der Waals surface area contributed by atoms with Crippen molar-refractivity contribution in [3.8, 4) is 11.1 Å². The maximum atomic E-state index is 13.7. The van der Waals surface area contributed by atoms with Gasteiger partial charge in [-0.2, -0.15) is 0 Å². The minimum absolute atomic E-state index is 0.223. The Morgan fingerprint density at radius 3 is 2.77 bits per heavy atom. The van der Waals surface area contributed by atoms with Crippen LogP contribution in [0.15, 0.2) is 35.5 Å². The molecule has 0 aliphatic heterocycles. The van der Waals surface area contributed by atoms with E-state index in [4.69, 9.17) is 0 Å². The summed E-state index contributed by atoms with van der Waals surface area (Å²) in [7, 11) is 0. The molecule has 0 saturated heterocycles. The largest absolute Gasteiger partial charge is 0.321 e. The van der Waals surface area contributed by atoms with Gasteiger partial charge in [0.2, 0.25) is 5.91 Å². The molecular formula is C18H14F2N4O2. The number of aromatic amines is 1. The molecule has 4 rings (SSSR count). The fraction of sp³-hybridized carbons (Fsp3) is 0.222. The average molecular weight is 356 g/mol. The van der Waals surface area contributed by atoms with E-state index in [9.17, 15) is 18.4 Å². The second kappa shape index (κ2) is 5.98. The lowest BCUT2D eigenvalue weighted by molar-refractivity contribution is -0.117. The van der Waals surface area contributed by atoms with Gasteiger partial charge >= 0.3 is 0 Å². The summed E-state index contributed by atoms with van der Waals surface area (Å²) in [5, 5.41) is 3.14. The molecule has 2 atom stereocenters. The van der Waals surface area contributed by atoms with Crippen LogP contribution in [-0.4, -0.2) is 27.0 Å². The maximum absolute atomic E-state index is 13.7. The van der Waals surface area contributed by atoms with Crippen molar-refractivity contribution in [3.63, 3.8) is 0 Å². The molecule has 1 saturated carbocycles. The Morgan fingerprint density at radius 2 is 2.04 bits per heavy atom. The zero-order valence-electron chi connectivity index (χ0n) is 13.7. The van der Waals surface area contributed by atoms with Crippen molar-refractivity contribution in [3.05, 3.63) is 52.5 Å². The molecule has 1 aliphatic carbocycles. The fourth-order valence-corrected chi connectivity index (χ4v) is 2.79. The van der Waals surface area contributed by atoms with Crippen LogP contribution in [0.1, 0.15) is 12.0 Å². The minimum atomic E-state index is -1.10. The number of halogens is 2. The molecule has 1 amide bonds. The van der Waals surface area contributed by atoms with E-state index in [-0.39, 0.29) is 17.8 Å². The van der Waals surface area contributed by atoms with Crippen LogP contribution >= 0.6 is 0 Å². The number of aromatic nitrogens is 3. The number of pyridine rings is 3. The quantitative estimate of drug-likeness (QED) is 0.755. The van der Waals surface area contributed by atoms with E-state index in [2.05, 4.69) is 20.3 Å². The SMILES string of the molecule is Cc1c(F)cncc1-c1cc2cnc(NC(=O)[C@@H]3C[C@@H]3F)cc2[nH]c1=O. The molecular weight excluding hydrogens is 342 g/mol. The van der Waals surface area contributed by atoms with E-state index in [0.717, 1.165) is 6.20 Å². The molecule has 0 spiro atoms. The number of hydrogen-bond acceptors (Lipinski definition) is 4. The normalized spacial score (nSPS) is 18.7. The van der Waals surface area contributed by atoms with Crippen LogP contribution in [0.25, 0.3) is 22.0 Å². The van der Waals surface area contributed by atoms with Crippen molar-refractivity contribution in [1.29, 1.82) is 0 Å². The van der Waals surface area contributed by atoms with Crippen LogP contribution in [-0.2, 0) is 4.79 Å². The topological polar surface area (TPSA) is 87.7 Å². The number of nitrogens with one attached hydrogen (secondary N) is 2. The minimum Gasteiger partial charge on any atom is -0.321 e. The molecule has 132 valence electrons. The highest BCUT2D eigenvalue weighted by molar-refractivity contribution is 5.95. The van der Waals surface area contributed by atoms with Crippen LogP contribution in [0.3, 0.4) is 0 Å². The molecule has 0 bridgehead atoms. The van der Waals surface area contributed by atoms with Crippen LogP contribution in [0.4, 0.5) is 14.6 Å². The summed E-state index contributed by atoms with van der Waals surface area (Å²) in [6, 6.07) is 3.10. The fourth-order valence-electron chi connectivity index (χ4n) is 2.79. The van der Waals surface area contributed by atoms with Gasteiger partial charge in [-0.15, -0.1) is 0 Å². The zero-order valence-corrected chi connectivity index (χ0v) is 13.7. The number of hydrogen-bond donors (Lipinski definition) is 2. The van der Waals surface area contributed by atoms with Crippen molar-refractivity contribution < 1.29 is 13.6 Å². The van der Waals surface area contributed by atoms with E-state index in [1.165, 1.54) is 18.5 Å². The van der Waals surface area contributed by atoms with Gasteiger partial charge in [0.15, 0.2) is 0 Å². The van der Waals surface area contributed by atoms with Crippen LogP contribution < -0.4 is 10.9 Å². The molecule has 2 N–H and O–H groups in total. The number of alkyl halides is 1. The van der Waals surface area contributed by atoms with Crippen molar-refractivity contribution in [2.24, 2.45) is 5.92 Å². The summed E-state index contributed by atoms with van der Waals surface area (Å²) in [4.78, 5) is 34.8. The highest BCUT2D eigenvalue weighted by Crippen LogP contribution is 2.34. The van der Waals surface area contributed by atoms with Gasteiger partial charge in [-0.1, -0.05) is 0 Å². The second-order valence-corrected chi connectivity index (χ2v) is 6.31. The Labute approximate surface area is 146 Å². The highest BCUT2D eigenvalue weighted by atomic mass is 19.1. The lowest BCUT2D eigenvalue weighted by Crippen LogP contribution is -2.16. The highest BCUT2D eigenvalue weighted by Gasteiger charge is 2.43. The Bertz CT molecular complexity index is 1100. The smallest absolute Gasteiger partial charge is 0.256 e. The molecule has 0 radical (unpaired) electrons. The summed E-state index contributed by atoms with van der Waals surface area (Å²) in [5.41, 5.74) is 1.04. The third-order valence-electron chi connectivity index (χ3n) is 4.47. The Morgan fingerprint density at radius 1 is 1.27 bits per heavy atom. The molecule has 1 aliphatic rings. The first-order valence-corrected chi connectivity index (χ1v) is 8.02. The van der Waals surface area contributed by atoms with Gasteiger partial charge in [0.1, 0.15) is 17.8 Å². The summed E-state index contributed by atoms with van der Waals surface area (Å²) in [6.45, 7) is 1.57. The van der Waals surface area contributed by atoms with Crippen molar-refractivity contribution in [2.45, 2.75) is 19.5 Å². The van der Waals surface area contributed by atoms with Gasteiger partial charge in [-0.25, -0.2) is 13.8 Å². The first kappa shape index (κ1) is 16.3. The number of nitrogens with zero attached hydrogens (tertiary/aromatic N) is 2. The number of fused-ring (bicyclic) bond motifs is 1. The lowest BCUT2D eigenvalue weighted by Gasteiger charge is -2.08. The predicted octanol–water partition coefficient (Wildman–Crippen LogP) is 2.73. The maximum Gasteiger partial charge on any atom is 0.256 e. The number of carbonyl (C=O) groups excluding carboxylic acids is 1. The number of amides is 1. The van der Waals surface area contributed by atoms with Gasteiger partial charge in [-0.05, 0) is 25.0 Å². The third kappa shape index (κ3) is 2.83. The molecule has 1 fully saturated rings. The predicted molar refractivity (Wildman–Crippen MR) is 91.9 cm³/mol. The molecule has 6 nitrogen and oxygen atoms in total. The molecule has 3 aromatic rings. The van der Waals surface area contributed by atoms with E-state index >= 15 is 0 Å². The first-order valence-electron chi connectivity index (χ1n) is 8.02. The van der Waals surface area contributed by atoms with E-state index in [1.807, 2.05) is 0 Å². The lowest BCUT2D eigenvalue weighted by atomic mass is 10.0. The molecule has 0 unspecified atom stereocenters. The molecule has 3 heterocycles. The van der Waals surface area contributed by atoms with Crippen molar-refractivity contribution in [2.75, 3.05) is 5.32 Å². The summed E-state index contributed by atoms with van der Waals surface area (Å²) in [6.07, 6.45) is 3.13. The molecule has 0 aromatic carbocycles. The number of rotatable bonds is 3. The molecule has 8 heteroatoms. The van der Waals surface area contributed by atoms with Gasteiger partial charge in [0.25, 0.3) is 5.56 Å². The third-order valence-corrected chi connectivity index (χ3v) is 4.47. The Balaban J connectivity index is 1.72. The summed E-state index contributed by atoms with van der Waals surface area (Å²) in [5.74, 6) is -1.32. The second-order valence-electron chi connectivity index (χ2n) is 6.31. The summed E-state index contributed by atoms with van der Waals surface area (Å²) >= 11 is 0. The van der Waals surface area contributed by atoms with E-state index in [1.54, 1.807) is 13.0 Å². The van der Waals surface area contributed by atoms with Crippen molar-refractivity contribution >= 4 is 22.6 Å². The van der Waals surface area contributed by atoms with Crippen LogP contribution in [0, 0.1) is 18.7 Å². The number of anilines is 1. The average Bonchev–Trinajstić information content (AvgIpc) is 3.34. The van der Waals surface area contributed by atoms with E-state index in [0.29, 0.717) is 22.0 Å².